The molecule has 3 nitrogen and oxygen atoms in total. The van der Waals surface area contributed by atoms with E-state index in [-0.39, 0.29) is 5.91 Å². The fourth-order valence-electron chi connectivity index (χ4n) is 2.07. The highest BCUT2D eigenvalue weighted by molar-refractivity contribution is 6.31. The Morgan fingerprint density at radius 2 is 2.16 bits per heavy atom. The number of anilines is 1. The van der Waals surface area contributed by atoms with Gasteiger partial charge in [0.05, 0.1) is 0 Å². The van der Waals surface area contributed by atoms with Crippen LogP contribution in [0.25, 0.3) is 0 Å². The zero-order valence-electron chi connectivity index (χ0n) is 11.7. The van der Waals surface area contributed by atoms with E-state index in [2.05, 4.69) is 12.2 Å². The lowest BCUT2D eigenvalue weighted by atomic mass is 9.96. The zero-order chi connectivity index (χ0) is 14.3. The average molecular weight is 283 g/mol. The van der Waals surface area contributed by atoms with Crippen molar-refractivity contribution in [3.63, 3.8) is 0 Å². The second kappa shape index (κ2) is 8.18. The predicted molar refractivity (Wildman–Crippen MR) is 81.5 cm³/mol. The number of amides is 1. The molecule has 0 heterocycles. The van der Waals surface area contributed by atoms with Crippen LogP contribution in [0.2, 0.25) is 5.02 Å². The van der Waals surface area contributed by atoms with Gasteiger partial charge in [0.15, 0.2) is 0 Å². The van der Waals surface area contributed by atoms with E-state index in [1.54, 1.807) is 6.07 Å². The van der Waals surface area contributed by atoms with Crippen molar-refractivity contribution in [1.29, 1.82) is 0 Å². The minimum Gasteiger partial charge on any atom is -0.330 e. The minimum absolute atomic E-state index is 0.0424. The van der Waals surface area contributed by atoms with Gasteiger partial charge in [-0.2, -0.15) is 0 Å². The third-order valence-electron chi connectivity index (χ3n) is 3.41. The molecule has 1 atom stereocenters. The van der Waals surface area contributed by atoms with Gasteiger partial charge in [0.2, 0.25) is 5.91 Å². The molecule has 4 heteroatoms. The van der Waals surface area contributed by atoms with E-state index < -0.39 is 0 Å². The number of nitrogens with two attached hydrogens (primary N) is 1. The van der Waals surface area contributed by atoms with Crippen molar-refractivity contribution < 1.29 is 4.79 Å². The van der Waals surface area contributed by atoms with E-state index in [0.717, 1.165) is 30.5 Å². The van der Waals surface area contributed by atoms with Gasteiger partial charge in [-0.25, -0.2) is 0 Å². The molecule has 1 unspecified atom stereocenters. The number of hydrogen-bond donors (Lipinski definition) is 2. The molecule has 0 fully saturated rings. The SMILES string of the molecule is CCC(CCN)CCC(=O)Nc1cc(Cl)ccc1C. The number of halogens is 1. The highest BCUT2D eigenvalue weighted by Crippen LogP contribution is 2.21. The summed E-state index contributed by atoms with van der Waals surface area (Å²) >= 11 is 5.93. The number of carbonyl (C=O) groups is 1. The summed E-state index contributed by atoms with van der Waals surface area (Å²) in [6.45, 7) is 4.78. The van der Waals surface area contributed by atoms with Crippen molar-refractivity contribution in [3.8, 4) is 0 Å². The highest BCUT2D eigenvalue weighted by atomic mass is 35.5. The van der Waals surface area contributed by atoms with Crippen LogP contribution in [0.4, 0.5) is 5.69 Å². The third kappa shape index (κ3) is 5.62. The molecule has 1 rings (SSSR count). The van der Waals surface area contributed by atoms with Gasteiger partial charge in [-0.3, -0.25) is 4.79 Å². The Bertz CT molecular complexity index is 421. The molecule has 1 aromatic rings. The number of aryl methyl sites for hydroxylation is 1. The van der Waals surface area contributed by atoms with E-state index in [4.69, 9.17) is 17.3 Å². The first kappa shape index (κ1) is 16.0. The fourth-order valence-corrected chi connectivity index (χ4v) is 2.24. The molecule has 0 aliphatic carbocycles. The van der Waals surface area contributed by atoms with Crippen LogP contribution >= 0.6 is 11.6 Å². The van der Waals surface area contributed by atoms with Crippen LogP contribution in [0.1, 0.15) is 38.2 Å². The fraction of sp³-hybridized carbons (Fsp3) is 0.533. The van der Waals surface area contributed by atoms with Crippen molar-refractivity contribution in [2.24, 2.45) is 11.7 Å². The summed E-state index contributed by atoms with van der Waals surface area (Å²) in [5.74, 6) is 0.581. The van der Waals surface area contributed by atoms with Gasteiger partial charge in [-0.05, 0) is 49.9 Å². The van der Waals surface area contributed by atoms with Crippen LogP contribution < -0.4 is 11.1 Å². The molecule has 0 saturated carbocycles. The largest absolute Gasteiger partial charge is 0.330 e. The third-order valence-corrected chi connectivity index (χ3v) is 3.64. The Balaban J connectivity index is 2.48. The number of hydrogen-bond acceptors (Lipinski definition) is 2. The maximum absolute atomic E-state index is 11.9. The lowest BCUT2D eigenvalue weighted by Gasteiger charge is -2.14. The highest BCUT2D eigenvalue weighted by Gasteiger charge is 2.10. The summed E-state index contributed by atoms with van der Waals surface area (Å²) in [6, 6.07) is 5.51. The van der Waals surface area contributed by atoms with Gasteiger partial charge in [0.1, 0.15) is 0 Å². The van der Waals surface area contributed by atoms with Crippen molar-refractivity contribution >= 4 is 23.2 Å². The van der Waals surface area contributed by atoms with Crippen LogP contribution in [-0.2, 0) is 4.79 Å². The van der Waals surface area contributed by atoms with Gasteiger partial charge < -0.3 is 11.1 Å². The second-order valence-corrected chi connectivity index (χ2v) is 5.33. The van der Waals surface area contributed by atoms with Crippen LogP contribution in [0, 0.1) is 12.8 Å². The number of benzene rings is 1. The van der Waals surface area contributed by atoms with Crippen molar-refractivity contribution in [3.05, 3.63) is 28.8 Å². The van der Waals surface area contributed by atoms with Crippen molar-refractivity contribution in [1.82, 2.24) is 0 Å². The number of carbonyl (C=O) groups excluding carboxylic acids is 1. The quantitative estimate of drug-likeness (QED) is 0.800. The summed E-state index contributed by atoms with van der Waals surface area (Å²) in [5, 5.41) is 3.55. The van der Waals surface area contributed by atoms with Gasteiger partial charge in [0.25, 0.3) is 0 Å². The normalized spacial score (nSPS) is 12.2. The molecule has 0 bridgehead atoms. The van der Waals surface area contributed by atoms with E-state index >= 15 is 0 Å². The Morgan fingerprint density at radius 3 is 2.79 bits per heavy atom. The molecule has 0 saturated heterocycles. The monoisotopic (exact) mass is 282 g/mol. The molecule has 106 valence electrons. The van der Waals surface area contributed by atoms with Gasteiger partial charge in [-0.1, -0.05) is 31.0 Å². The number of nitrogens with one attached hydrogen (secondary N) is 1. The average Bonchev–Trinajstić information content (AvgIpc) is 2.39. The summed E-state index contributed by atoms with van der Waals surface area (Å²) in [5.41, 5.74) is 7.37. The molecule has 1 amide bonds. The molecule has 0 radical (unpaired) electrons. The first-order chi connectivity index (χ1) is 9.06. The van der Waals surface area contributed by atoms with Gasteiger partial charge in [0, 0.05) is 17.1 Å². The Labute approximate surface area is 120 Å². The van der Waals surface area contributed by atoms with Crippen molar-refractivity contribution in [2.45, 2.75) is 39.5 Å². The second-order valence-electron chi connectivity index (χ2n) is 4.90. The zero-order valence-corrected chi connectivity index (χ0v) is 12.5. The summed E-state index contributed by atoms with van der Waals surface area (Å²) in [4.78, 5) is 11.9. The smallest absolute Gasteiger partial charge is 0.224 e. The maximum atomic E-state index is 11.9. The van der Waals surface area contributed by atoms with Gasteiger partial charge in [-0.15, -0.1) is 0 Å². The topological polar surface area (TPSA) is 55.1 Å². The molecule has 19 heavy (non-hydrogen) atoms. The van der Waals surface area contributed by atoms with Crippen LogP contribution in [0.5, 0.6) is 0 Å². The molecular weight excluding hydrogens is 260 g/mol. The molecule has 0 spiro atoms. The van der Waals surface area contributed by atoms with Crippen LogP contribution in [0.15, 0.2) is 18.2 Å². The van der Waals surface area contributed by atoms with Gasteiger partial charge >= 0.3 is 0 Å². The van der Waals surface area contributed by atoms with Crippen LogP contribution in [-0.4, -0.2) is 12.5 Å². The lowest BCUT2D eigenvalue weighted by molar-refractivity contribution is -0.116. The first-order valence-corrected chi connectivity index (χ1v) is 7.20. The summed E-state index contributed by atoms with van der Waals surface area (Å²) in [6.07, 6.45) is 3.48. The Hall–Kier alpha value is -1.06. The Morgan fingerprint density at radius 1 is 1.42 bits per heavy atom. The van der Waals surface area contributed by atoms with Crippen molar-refractivity contribution in [2.75, 3.05) is 11.9 Å². The molecule has 0 aromatic heterocycles. The lowest BCUT2D eigenvalue weighted by Crippen LogP contribution is -2.15. The molecule has 0 aliphatic rings. The summed E-state index contributed by atoms with van der Waals surface area (Å²) in [7, 11) is 0. The molecule has 0 aliphatic heterocycles. The number of rotatable bonds is 7. The predicted octanol–water partition coefficient (Wildman–Crippen LogP) is 3.74. The molecule has 1 aromatic carbocycles. The summed E-state index contributed by atoms with van der Waals surface area (Å²) < 4.78 is 0. The Kier molecular flexibility index (Phi) is 6.89. The first-order valence-electron chi connectivity index (χ1n) is 6.82. The molecule has 3 N–H and O–H groups in total. The van der Waals surface area contributed by atoms with E-state index in [1.165, 1.54) is 0 Å². The maximum Gasteiger partial charge on any atom is 0.224 e. The standard InChI is InChI=1S/C15H23ClN2O/c1-3-12(8-9-17)5-7-15(19)18-14-10-13(16)6-4-11(14)2/h4,6,10,12H,3,5,7-9,17H2,1-2H3,(H,18,19). The van der Waals surface area contributed by atoms with E-state index in [9.17, 15) is 4.79 Å². The van der Waals surface area contributed by atoms with E-state index in [1.807, 2.05) is 19.1 Å². The van der Waals surface area contributed by atoms with E-state index in [0.29, 0.717) is 23.9 Å². The minimum atomic E-state index is 0.0424. The molecular formula is C15H23ClN2O. The van der Waals surface area contributed by atoms with Crippen LogP contribution in [0.3, 0.4) is 0 Å².